The van der Waals surface area contributed by atoms with E-state index in [0.717, 1.165) is 60.8 Å². The number of nitrogens with one attached hydrogen (secondary N) is 4. The number of hydroxylamine groups is 1. The van der Waals surface area contributed by atoms with Crippen LogP contribution in [0.1, 0.15) is 35.1 Å². The van der Waals surface area contributed by atoms with Gasteiger partial charge in [-0.15, -0.1) is 0 Å². The van der Waals surface area contributed by atoms with Gasteiger partial charge in [0.15, 0.2) is 0 Å². The van der Waals surface area contributed by atoms with E-state index in [9.17, 15) is 4.79 Å². The average Bonchev–Trinajstić information content (AvgIpc) is 3.47. The van der Waals surface area contributed by atoms with Crippen LogP contribution in [-0.4, -0.2) is 11.0 Å². The minimum Gasteiger partial charge on any atom is -0.361 e. The van der Waals surface area contributed by atoms with Crippen molar-refractivity contribution in [1.82, 2.24) is 10.5 Å². The summed E-state index contributed by atoms with van der Waals surface area (Å²) in [5.41, 5.74) is 13.3. The molecule has 2 aliphatic rings. The Balaban J connectivity index is 1.12. The fourth-order valence-corrected chi connectivity index (χ4v) is 4.63. The minimum absolute atomic E-state index is 0.399. The summed E-state index contributed by atoms with van der Waals surface area (Å²) >= 11 is 0.654. The molecule has 0 spiro atoms. The van der Waals surface area contributed by atoms with Crippen LogP contribution >= 0.6 is 12.3 Å². The third-order valence-corrected chi connectivity index (χ3v) is 5.93. The number of aromatic amines is 1. The normalized spacial score (nSPS) is 14.6. The number of aromatic nitrogens is 1. The second-order valence-corrected chi connectivity index (χ2v) is 7.88. The fraction of sp³-hybridized carbons (Fsp3) is 0.286. The number of urea groups is 1. The minimum atomic E-state index is -0.399. The fourth-order valence-electron chi connectivity index (χ4n) is 4.36. The zero-order chi connectivity index (χ0) is 19.6. The van der Waals surface area contributed by atoms with Crippen molar-refractivity contribution >= 4 is 40.6 Å². The van der Waals surface area contributed by atoms with Crippen molar-refractivity contribution < 1.29 is 13.4 Å². The van der Waals surface area contributed by atoms with Crippen LogP contribution in [0.25, 0.3) is 10.9 Å². The zero-order valence-corrected chi connectivity index (χ0v) is 16.7. The summed E-state index contributed by atoms with van der Waals surface area (Å²) in [6.07, 6.45) is 8.41. The van der Waals surface area contributed by atoms with Gasteiger partial charge < -0.3 is 10.3 Å². The second kappa shape index (κ2) is 7.98. The van der Waals surface area contributed by atoms with Crippen LogP contribution in [-0.2, 0) is 34.3 Å². The van der Waals surface area contributed by atoms with Crippen molar-refractivity contribution in [3.8, 4) is 0 Å². The van der Waals surface area contributed by atoms with Gasteiger partial charge in [-0.3, -0.25) is 5.48 Å². The predicted octanol–water partition coefficient (Wildman–Crippen LogP) is 4.81. The highest BCUT2D eigenvalue weighted by molar-refractivity contribution is 7.89. The molecular formula is C21H22N4O3S. The smallest absolute Gasteiger partial charge is 0.344 e. The topological polar surface area (TPSA) is 87.4 Å². The molecule has 2 amide bonds. The Kier molecular flexibility index (Phi) is 5.05. The van der Waals surface area contributed by atoms with Gasteiger partial charge in [0, 0.05) is 22.8 Å². The highest BCUT2D eigenvalue weighted by Crippen LogP contribution is 2.38. The van der Waals surface area contributed by atoms with Gasteiger partial charge in [-0.25, -0.2) is 10.3 Å². The van der Waals surface area contributed by atoms with E-state index in [1.807, 2.05) is 30.5 Å². The van der Waals surface area contributed by atoms with E-state index in [-0.39, 0.29) is 0 Å². The number of fused-ring (bicyclic) bond motifs is 3. The van der Waals surface area contributed by atoms with E-state index in [4.69, 9.17) is 8.57 Å². The molecule has 5 rings (SSSR count). The third-order valence-electron chi connectivity index (χ3n) is 5.63. The molecule has 2 aliphatic carbocycles. The lowest BCUT2D eigenvalue weighted by molar-refractivity contribution is 0.197. The molecule has 0 saturated heterocycles. The highest BCUT2D eigenvalue weighted by Gasteiger charge is 2.24. The molecule has 0 aliphatic heterocycles. The van der Waals surface area contributed by atoms with Gasteiger partial charge in [0.1, 0.15) is 0 Å². The van der Waals surface area contributed by atoms with Crippen LogP contribution in [0, 0.1) is 0 Å². The molecular weight excluding hydrogens is 388 g/mol. The summed E-state index contributed by atoms with van der Waals surface area (Å²) in [5.74, 6) is 0. The summed E-state index contributed by atoms with van der Waals surface area (Å²) in [7, 11) is 0. The maximum Gasteiger partial charge on any atom is 0.344 e. The summed E-state index contributed by atoms with van der Waals surface area (Å²) in [4.78, 5) is 15.5. The van der Waals surface area contributed by atoms with Crippen molar-refractivity contribution in [2.75, 3.05) is 10.8 Å². The van der Waals surface area contributed by atoms with E-state index in [0.29, 0.717) is 12.3 Å². The number of carbonyl (C=O) groups excluding carboxylic acids is 1. The maximum atomic E-state index is 12.3. The lowest BCUT2D eigenvalue weighted by atomic mass is 9.99. The van der Waals surface area contributed by atoms with Crippen molar-refractivity contribution in [3.63, 3.8) is 0 Å². The third kappa shape index (κ3) is 3.78. The van der Waals surface area contributed by atoms with Crippen LogP contribution in [0.2, 0.25) is 0 Å². The Morgan fingerprint density at radius 3 is 2.55 bits per heavy atom. The lowest BCUT2D eigenvalue weighted by Crippen LogP contribution is -2.28. The number of benzene rings is 2. The molecule has 1 heterocycles. The van der Waals surface area contributed by atoms with Crippen molar-refractivity contribution in [2.45, 2.75) is 38.5 Å². The molecule has 2 aromatic carbocycles. The predicted molar refractivity (Wildman–Crippen MR) is 114 cm³/mol. The average molecular weight is 410 g/mol. The van der Waals surface area contributed by atoms with Crippen LogP contribution < -0.4 is 16.3 Å². The highest BCUT2D eigenvalue weighted by atomic mass is 32.2. The number of anilines is 2. The quantitative estimate of drug-likeness (QED) is 0.266. The summed E-state index contributed by atoms with van der Waals surface area (Å²) in [6.45, 7) is 0. The van der Waals surface area contributed by atoms with E-state index >= 15 is 0 Å². The lowest BCUT2D eigenvalue weighted by Gasteiger charge is -2.16. The number of amides is 2. The molecule has 0 fully saturated rings. The molecule has 0 saturated carbocycles. The van der Waals surface area contributed by atoms with Gasteiger partial charge in [0.25, 0.3) is 0 Å². The molecule has 0 radical (unpaired) electrons. The van der Waals surface area contributed by atoms with Gasteiger partial charge >= 0.3 is 6.03 Å². The molecule has 4 N–H and O–H groups in total. The second-order valence-electron chi connectivity index (χ2n) is 7.41. The summed E-state index contributed by atoms with van der Waals surface area (Å²) in [6, 6.07) is 9.70. The molecule has 0 atom stereocenters. The van der Waals surface area contributed by atoms with Gasteiger partial charge in [0.2, 0.25) is 12.3 Å². The van der Waals surface area contributed by atoms with Crippen LogP contribution in [0.3, 0.4) is 0 Å². The Morgan fingerprint density at radius 2 is 1.76 bits per heavy atom. The Bertz CT molecular complexity index is 1030. The Morgan fingerprint density at radius 1 is 0.966 bits per heavy atom. The molecule has 8 heteroatoms. The number of H-pyrrole nitrogens is 1. The molecule has 29 heavy (non-hydrogen) atoms. The number of hydrogen-bond donors (Lipinski definition) is 4. The van der Waals surface area contributed by atoms with Gasteiger partial charge in [-0.2, -0.15) is 8.57 Å². The van der Waals surface area contributed by atoms with E-state index in [1.165, 1.54) is 22.3 Å². The number of carbonyl (C=O) groups is 1. The van der Waals surface area contributed by atoms with Crippen LogP contribution in [0.4, 0.5) is 16.2 Å². The number of rotatable bonds is 6. The SMILES string of the molecule is O=C(NOSONc1ccc2[nH]ccc2c1)Nc1c2c(cc3c1CCC3)CCC2. The first kappa shape index (κ1) is 18.4. The molecule has 7 nitrogen and oxygen atoms in total. The summed E-state index contributed by atoms with van der Waals surface area (Å²) in [5, 5.41) is 4.07. The zero-order valence-electron chi connectivity index (χ0n) is 15.8. The summed E-state index contributed by atoms with van der Waals surface area (Å²) < 4.78 is 10.2. The largest absolute Gasteiger partial charge is 0.361 e. The molecule has 150 valence electrons. The van der Waals surface area contributed by atoms with E-state index < -0.39 is 6.03 Å². The molecule has 0 unspecified atom stereocenters. The maximum absolute atomic E-state index is 12.3. The molecule has 1 aromatic heterocycles. The van der Waals surface area contributed by atoms with Gasteiger partial charge in [-0.05, 0) is 85.0 Å². The van der Waals surface area contributed by atoms with Crippen LogP contribution in [0.15, 0.2) is 36.5 Å². The number of hydrogen-bond acceptors (Lipinski definition) is 5. The monoisotopic (exact) mass is 410 g/mol. The van der Waals surface area contributed by atoms with Crippen molar-refractivity contribution in [3.05, 3.63) is 58.8 Å². The van der Waals surface area contributed by atoms with E-state index in [1.54, 1.807) is 0 Å². The van der Waals surface area contributed by atoms with Crippen LogP contribution in [0.5, 0.6) is 0 Å². The van der Waals surface area contributed by atoms with Gasteiger partial charge in [0.05, 0.1) is 5.69 Å². The van der Waals surface area contributed by atoms with Gasteiger partial charge in [-0.1, -0.05) is 6.07 Å². The first-order chi connectivity index (χ1) is 14.3. The molecule has 3 aromatic rings. The van der Waals surface area contributed by atoms with Crippen molar-refractivity contribution in [2.24, 2.45) is 0 Å². The first-order valence-electron chi connectivity index (χ1n) is 9.84. The van der Waals surface area contributed by atoms with Crippen molar-refractivity contribution in [1.29, 1.82) is 0 Å². The standard InChI is InChI=1S/C21H22N4O3S/c26-21(23-20-17-5-1-3-13(17)11-14-4-2-6-18(14)20)25-28-29-27-24-16-7-8-19-15(12-16)9-10-22-19/h7-12,22,24H,1-6H2,(H2,23,25,26). The first-order valence-corrected chi connectivity index (χ1v) is 10.5. The molecule has 0 bridgehead atoms. The Hall–Kier alpha value is -2.68. The van der Waals surface area contributed by atoms with E-state index in [2.05, 4.69) is 27.3 Å². The number of aryl methyl sites for hydroxylation is 2. The Labute approximate surface area is 172 Å².